The predicted molar refractivity (Wildman–Crippen MR) is 81.1 cm³/mol. The number of hydrogen-bond donors (Lipinski definition) is 2. The number of benzene rings is 1. The van der Waals surface area contributed by atoms with Gasteiger partial charge in [-0.3, -0.25) is 0 Å². The summed E-state index contributed by atoms with van der Waals surface area (Å²) in [6.45, 7) is 2.86. The van der Waals surface area contributed by atoms with Gasteiger partial charge in [-0.2, -0.15) is 0 Å². The van der Waals surface area contributed by atoms with Gasteiger partial charge in [0.2, 0.25) is 10.0 Å². The van der Waals surface area contributed by atoms with Crippen LogP contribution in [-0.2, 0) is 16.4 Å². The van der Waals surface area contributed by atoms with Crippen LogP contribution in [0, 0.1) is 12.3 Å². The molecular weight excluding hydrogens is 272 g/mol. The van der Waals surface area contributed by atoms with E-state index in [0.717, 1.165) is 30.6 Å². The van der Waals surface area contributed by atoms with Gasteiger partial charge in [-0.15, -0.1) is 12.3 Å². The summed E-state index contributed by atoms with van der Waals surface area (Å²) in [6.07, 6.45) is 8.28. The number of nitrogens with one attached hydrogen (secondary N) is 2. The molecule has 1 aliphatic heterocycles. The summed E-state index contributed by atoms with van der Waals surface area (Å²) < 4.78 is 27.4. The highest BCUT2D eigenvalue weighted by Crippen LogP contribution is 2.25. The summed E-state index contributed by atoms with van der Waals surface area (Å²) in [7, 11) is -3.50. The van der Waals surface area contributed by atoms with Gasteiger partial charge in [0.25, 0.3) is 0 Å². The molecule has 4 nitrogen and oxygen atoms in total. The highest BCUT2D eigenvalue weighted by Gasteiger charge is 2.20. The second-order valence-electron chi connectivity index (χ2n) is 4.98. The summed E-state index contributed by atoms with van der Waals surface area (Å²) in [5, 5.41) is 3.27. The fraction of sp³-hybridized carbons (Fsp3) is 0.467. The molecule has 0 aliphatic carbocycles. The monoisotopic (exact) mass is 292 g/mol. The zero-order chi connectivity index (χ0) is 14.6. The molecule has 0 bridgehead atoms. The normalized spacial score (nSPS) is 15.8. The third kappa shape index (κ3) is 3.33. The summed E-state index contributed by atoms with van der Waals surface area (Å²) in [6, 6.07) is 5.03. The van der Waals surface area contributed by atoms with E-state index in [4.69, 9.17) is 6.42 Å². The van der Waals surface area contributed by atoms with E-state index in [2.05, 4.69) is 16.0 Å². The van der Waals surface area contributed by atoms with Crippen molar-refractivity contribution < 1.29 is 8.42 Å². The zero-order valence-electron chi connectivity index (χ0n) is 11.6. The van der Waals surface area contributed by atoms with Gasteiger partial charge >= 0.3 is 0 Å². The first-order valence-corrected chi connectivity index (χ1v) is 8.37. The Hall–Kier alpha value is -1.51. The summed E-state index contributed by atoms with van der Waals surface area (Å²) >= 11 is 0. The first-order valence-electron chi connectivity index (χ1n) is 6.89. The van der Waals surface area contributed by atoms with Crippen LogP contribution in [0.25, 0.3) is 0 Å². The number of fused-ring (bicyclic) bond motifs is 1. The first-order chi connectivity index (χ1) is 9.56. The van der Waals surface area contributed by atoms with E-state index in [1.807, 2.05) is 13.0 Å². The van der Waals surface area contributed by atoms with Crippen molar-refractivity contribution in [2.24, 2.45) is 0 Å². The first kappa shape index (κ1) is 14.9. The minimum absolute atomic E-state index is 0.209. The molecule has 108 valence electrons. The molecule has 1 heterocycles. The highest BCUT2D eigenvalue weighted by molar-refractivity contribution is 7.89. The third-order valence-electron chi connectivity index (χ3n) is 3.50. The molecular formula is C15H20N2O2S. The lowest BCUT2D eigenvalue weighted by atomic mass is 10.0. The van der Waals surface area contributed by atoms with Crippen molar-refractivity contribution in [3.8, 4) is 12.3 Å². The maximum Gasteiger partial charge on any atom is 0.240 e. The van der Waals surface area contributed by atoms with Gasteiger partial charge in [-0.25, -0.2) is 13.1 Å². The molecule has 2 N–H and O–H groups in total. The topological polar surface area (TPSA) is 58.2 Å². The number of hydrogen-bond acceptors (Lipinski definition) is 3. The van der Waals surface area contributed by atoms with Crippen molar-refractivity contribution in [2.45, 2.75) is 43.5 Å². The zero-order valence-corrected chi connectivity index (χ0v) is 12.5. The van der Waals surface area contributed by atoms with Crippen LogP contribution in [-0.4, -0.2) is 21.0 Å². The lowest BCUT2D eigenvalue weighted by Crippen LogP contribution is -2.34. The molecule has 0 radical (unpaired) electrons. The number of sulfonamides is 1. The fourth-order valence-electron chi connectivity index (χ4n) is 2.32. The van der Waals surface area contributed by atoms with Crippen LogP contribution in [0.2, 0.25) is 0 Å². The lowest BCUT2D eigenvalue weighted by molar-refractivity contribution is 0.544. The Morgan fingerprint density at radius 2 is 2.30 bits per heavy atom. The maximum absolute atomic E-state index is 12.4. The minimum atomic E-state index is -3.50. The molecule has 0 aromatic heterocycles. The van der Waals surface area contributed by atoms with E-state index in [1.54, 1.807) is 12.1 Å². The number of anilines is 1. The van der Waals surface area contributed by atoms with E-state index in [0.29, 0.717) is 17.7 Å². The van der Waals surface area contributed by atoms with Crippen molar-refractivity contribution in [3.63, 3.8) is 0 Å². The minimum Gasteiger partial charge on any atom is -0.385 e. The van der Waals surface area contributed by atoms with Gasteiger partial charge in [0.15, 0.2) is 0 Å². The second-order valence-corrected chi connectivity index (χ2v) is 6.70. The van der Waals surface area contributed by atoms with Crippen LogP contribution in [0.4, 0.5) is 5.69 Å². The standard InChI is InChI=1S/C15H20N2O2S/c1-3-6-13(4-2)17-20(18,19)14-8-9-15-12(11-14)7-5-10-16-15/h1,8-9,11,13,16-17H,4-7,10H2,2H3. The summed E-state index contributed by atoms with van der Waals surface area (Å²) in [5.74, 6) is 2.51. The Morgan fingerprint density at radius 1 is 1.50 bits per heavy atom. The molecule has 0 saturated carbocycles. The van der Waals surface area contributed by atoms with Gasteiger partial charge in [0.1, 0.15) is 0 Å². The van der Waals surface area contributed by atoms with Gasteiger partial charge in [-0.1, -0.05) is 6.92 Å². The van der Waals surface area contributed by atoms with Crippen LogP contribution >= 0.6 is 0 Å². The molecule has 20 heavy (non-hydrogen) atoms. The van der Waals surface area contributed by atoms with Crippen molar-refractivity contribution >= 4 is 15.7 Å². The quantitative estimate of drug-likeness (QED) is 0.817. The van der Waals surface area contributed by atoms with Gasteiger partial charge in [0, 0.05) is 24.7 Å². The van der Waals surface area contributed by atoms with Crippen LogP contribution in [0.1, 0.15) is 31.7 Å². The average Bonchev–Trinajstić information content (AvgIpc) is 2.46. The smallest absolute Gasteiger partial charge is 0.240 e. The SMILES string of the molecule is C#CCC(CC)NS(=O)(=O)c1ccc2c(c1)CCCN2. The number of rotatable bonds is 5. The molecule has 0 fully saturated rings. The van der Waals surface area contributed by atoms with E-state index in [1.165, 1.54) is 0 Å². The van der Waals surface area contributed by atoms with E-state index >= 15 is 0 Å². The largest absolute Gasteiger partial charge is 0.385 e. The average molecular weight is 292 g/mol. The Balaban J connectivity index is 2.23. The van der Waals surface area contributed by atoms with Gasteiger partial charge < -0.3 is 5.32 Å². The summed E-state index contributed by atoms with van der Waals surface area (Å²) in [4.78, 5) is 0.315. The van der Waals surface area contributed by atoms with Crippen molar-refractivity contribution in [3.05, 3.63) is 23.8 Å². The van der Waals surface area contributed by atoms with E-state index in [-0.39, 0.29) is 6.04 Å². The Kier molecular flexibility index (Phi) is 4.69. The second kappa shape index (κ2) is 6.29. The van der Waals surface area contributed by atoms with Crippen LogP contribution < -0.4 is 10.0 Å². The summed E-state index contributed by atoms with van der Waals surface area (Å²) in [5.41, 5.74) is 2.09. The number of terminal acetylenes is 1. The van der Waals surface area contributed by atoms with Crippen LogP contribution in [0.3, 0.4) is 0 Å². The maximum atomic E-state index is 12.4. The Labute approximate surface area is 121 Å². The van der Waals surface area contributed by atoms with E-state index in [9.17, 15) is 8.42 Å². The predicted octanol–water partition coefficient (Wildman–Crippen LogP) is 2.12. The number of aryl methyl sites for hydroxylation is 1. The molecule has 1 atom stereocenters. The Morgan fingerprint density at radius 3 is 3.00 bits per heavy atom. The lowest BCUT2D eigenvalue weighted by Gasteiger charge is -2.20. The molecule has 1 aromatic rings. The van der Waals surface area contributed by atoms with Crippen LogP contribution in [0.15, 0.2) is 23.1 Å². The van der Waals surface area contributed by atoms with Gasteiger partial charge in [0.05, 0.1) is 4.90 Å². The van der Waals surface area contributed by atoms with Crippen molar-refractivity contribution in [1.29, 1.82) is 0 Å². The Bertz CT molecular complexity index is 617. The molecule has 2 rings (SSSR count). The van der Waals surface area contributed by atoms with E-state index < -0.39 is 10.0 Å². The van der Waals surface area contributed by atoms with Gasteiger partial charge in [-0.05, 0) is 43.0 Å². The molecule has 1 unspecified atom stereocenters. The molecule has 0 saturated heterocycles. The molecule has 1 aliphatic rings. The molecule has 0 spiro atoms. The molecule has 0 amide bonds. The molecule has 1 aromatic carbocycles. The third-order valence-corrected chi connectivity index (χ3v) is 5.02. The van der Waals surface area contributed by atoms with Crippen molar-refractivity contribution in [1.82, 2.24) is 4.72 Å². The fourth-order valence-corrected chi connectivity index (χ4v) is 3.69. The van der Waals surface area contributed by atoms with Crippen LogP contribution in [0.5, 0.6) is 0 Å². The highest BCUT2D eigenvalue weighted by atomic mass is 32.2. The molecule has 5 heteroatoms. The van der Waals surface area contributed by atoms with Crippen molar-refractivity contribution in [2.75, 3.05) is 11.9 Å².